The molecule has 2 heterocycles. The third-order valence-corrected chi connectivity index (χ3v) is 4.18. The van der Waals surface area contributed by atoms with Crippen molar-refractivity contribution in [2.75, 3.05) is 13.9 Å². The molecule has 0 spiro atoms. The monoisotopic (exact) mass is 375 g/mol. The zero-order valence-corrected chi connectivity index (χ0v) is 14.4. The molecule has 0 N–H and O–H groups in total. The molecular weight excluding hydrogens is 358 g/mol. The van der Waals surface area contributed by atoms with Gasteiger partial charge in [-0.3, -0.25) is 0 Å². The highest BCUT2D eigenvalue weighted by Gasteiger charge is 2.38. The lowest BCUT2D eigenvalue weighted by Gasteiger charge is -2.24. The Morgan fingerprint density at radius 1 is 1.26 bits per heavy atom. The van der Waals surface area contributed by atoms with Crippen LogP contribution in [-0.2, 0) is 20.8 Å². The number of nitrogens with zero attached hydrogens (tertiary/aromatic N) is 1. The number of methoxy groups -OCH3 is 1. The normalized spacial score (nSPS) is 24.7. The second-order valence-corrected chi connectivity index (χ2v) is 5.55. The SMILES string of the molecule is COC1=C2OCOC2C=C2C=C[N+](Cc3ccccc3)=CC21.[Br-]. The minimum atomic E-state index is -0.111. The number of halogens is 1. The predicted molar refractivity (Wildman–Crippen MR) is 82.0 cm³/mol. The van der Waals surface area contributed by atoms with Gasteiger partial charge in [-0.05, 0) is 11.6 Å². The molecule has 23 heavy (non-hydrogen) atoms. The van der Waals surface area contributed by atoms with Crippen LogP contribution in [0.15, 0.2) is 65.8 Å². The lowest BCUT2D eigenvalue weighted by atomic mass is 9.88. The van der Waals surface area contributed by atoms with Crippen LogP contribution in [-0.4, -0.2) is 30.8 Å². The third-order valence-electron chi connectivity index (χ3n) is 4.18. The van der Waals surface area contributed by atoms with Gasteiger partial charge in [-0.15, -0.1) is 0 Å². The molecule has 120 valence electrons. The fourth-order valence-electron chi connectivity index (χ4n) is 3.11. The maximum Gasteiger partial charge on any atom is 0.190 e. The van der Waals surface area contributed by atoms with Gasteiger partial charge in [0.2, 0.25) is 0 Å². The Labute approximate surface area is 146 Å². The summed E-state index contributed by atoms with van der Waals surface area (Å²) < 4.78 is 19.0. The Hall–Kier alpha value is -1.85. The number of fused-ring (bicyclic) bond motifs is 2. The van der Waals surface area contributed by atoms with Crippen LogP contribution in [0.3, 0.4) is 0 Å². The Morgan fingerprint density at radius 2 is 2.09 bits per heavy atom. The van der Waals surface area contributed by atoms with E-state index in [9.17, 15) is 0 Å². The molecule has 1 aromatic carbocycles. The maximum atomic E-state index is 5.62. The van der Waals surface area contributed by atoms with Crippen molar-refractivity contribution in [2.24, 2.45) is 5.92 Å². The number of benzene rings is 1. The first-order chi connectivity index (χ1) is 10.8. The van der Waals surface area contributed by atoms with E-state index < -0.39 is 0 Å². The first kappa shape index (κ1) is 16.0. The fourth-order valence-corrected chi connectivity index (χ4v) is 3.11. The second kappa shape index (κ2) is 6.72. The van der Waals surface area contributed by atoms with Crippen LogP contribution in [0.25, 0.3) is 0 Å². The first-order valence-corrected chi connectivity index (χ1v) is 7.42. The fraction of sp³-hybridized carbons (Fsp3) is 0.278. The maximum absolute atomic E-state index is 5.62. The second-order valence-electron chi connectivity index (χ2n) is 5.55. The Bertz CT molecular complexity index is 706. The van der Waals surface area contributed by atoms with E-state index in [-0.39, 0.29) is 29.0 Å². The van der Waals surface area contributed by atoms with Gasteiger partial charge >= 0.3 is 0 Å². The van der Waals surface area contributed by atoms with Gasteiger partial charge < -0.3 is 31.2 Å². The average Bonchev–Trinajstić information content (AvgIpc) is 3.01. The molecule has 4 rings (SSSR count). The van der Waals surface area contributed by atoms with E-state index in [2.05, 4.69) is 53.4 Å². The number of hydrogen-bond acceptors (Lipinski definition) is 3. The molecule has 4 nitrogen and oxygen atoms in total. The van der Waals surface area contributed by atoms with Gasteiger partial charge in [0.15, 0.2) is 37.3 Å². The summed E-state index contributed by atoms with van der Waals surface area (Å²) >= 11 is 0. The predicted octanol–water partition coefficient (Wildman–Crippen LogP) is -0.412. The first-order valence-electron chi connectivity index (χ1n) is 7.42. The minimum Gasteiger partial charge on any atom is -1.00 e. The number of hydrogen-bond donors (Lipinski definition) is 0. The highest BCUT2D eigenvalue weighted by Crippen LogP contribution is 2.36. The number of rotatable bonds is 3. The molecule has 5 heteroatoms. The van der Waals surface area contributed by atoms with Crippen molar-refractivity contribution in [2.45, 2.75) is 12.6 Å². The molecule has 0 aromatic heterocycles. The van der Waals surface area contributed by atoms with Gasteiger partial charge in [-0.25, -0.2) is 4.58 Å². The van der Waals surface area contributed by atoms with E-state index in [1.165, 1.54) is 11.1 Å². The van der Waals surface area contributed by atoms with Crippen molar-refractivity contribution in [1.82, 2.24) is 0 Å². The molecule has 1 fully saturated rings. The van der Waals surface area contributed by atoms with Crippen molar-refractivity contribution in [3.63, 3.8) is 0 Å². The summed E-state index contributed by atoms with van der Waals surface area (Å²) in [6.45, 7) is 1.13. The summed E-state index contributed by atoms with van der Waals surface area (Å²) in [4.78, 5) is 0. The topological polar surface area (TPSA) is 30.7 Å². The molecule has 1 aromatic rings. The van der Waals surface area contributed by atoms with E-state index in [0.29, 0.717) is 6.79 Å². The van der Waals surface area contributed by atoms with Crippen LogP contribution in [0.2, 0.25) is 0 Å². The summed E-state index contributed by atoms with van der Waals surface area (Å²) in [5.74, 6) is 1.75. The van der Waals surface area contributed by atoms with Gasteiger partial charge in [0.1, 0.15) is 12.0 Å². The van der Waals surface area contributed by atoms with Crippen molar-refractivity contribution in [1.29, 1.82) is 0 Å². The van der Waals surface area contributed by atoms with Crippen molar-refractivity contribution in [3.05, 3.63) is 71.3 Å². The van der Waals surface area contributed by atoms with Gasteiger partial charge in [0, 0.05) is 11.6 Å². The van der Waals surface area contributed by atoms with E-state index >= 15 is 0 Å². The zero-order chi connectivity index (χ0) is 14.9. The molecule has 0 bridgehead atoms. The van der Waals surface area contributed by atoms with Crippen molar-refractivity contribution >= 4 is 6.21 Å². The Balaban J connectivity index is 0.00000156. The largest absolute Gasteiger partial charge is 1.00 e. The van der Waals surface area contributed by atoms with Crippen molar-refractivity contribution < 1.29 is 35.8 Å². The standard InChI is InChI=1S/C18H18NO3.BrH/c1-20-17-15-11-19(10-13-5-3-2-4-6-13)8-7-14(15)9-16-18(17)22-12-21-16;/h2-9,11,15-16H,10,12H2,1H3;1H/q+1;/p-1. The van der Waals surface area contributed by atoms with Gasteiger partial charge in [-0.2, -0.15) is 0 Å². The van der Waals surface area contributed by atoms with Crippen LogP contribution < -0.4 is 17.0 Å². The van der Waals surface area contributed by atoms with E-state index in [1.807, 2.05) is 6.07 Å². The van der Waals surface area contributed by atoms with Crippen LogP contribution in [0.1, 0.15) is 5.56 Å². The molecule has 1 aliphatic carbocycles. The average molecular weight is 376 g/mol. The third kappa shape index (κ3) is 2.99. The van der Waals surface area contributed by atoms with Crippen molar-refractivity contribution in [3.8, 4) is 0 Å². The Morgan fingerprint density at radius 3 is 2.87 bits per heavy atom. The minimum absolute atomic E-state index is 0. The summed E-state index contributed by atoms with van der Waals surface area (Å²) in [7, 11) is 1.69. The molecular formula is C18H18BrNO3. The highest BCUT2D eigenvalue weighted by atomic mass is 79.9. The van der Waals surface area contributed by atoms with Crippen LogP contribution in [0.5, 0.6) is 0 Å². The molecule has 2 unspecified atom stereocenters. The number of allylic oxidation sites excluding steroid dienone is 2. The van der Waals surface area contributed by atoms with E-state index in [1.54, 1.807) is 7.11 Å². The van der Waals surface area contributed by atoms with E-state index in [4.69, 9.17) is 14.2 Å². The van der Waals surface area contributed by atoms with Gasteiger partial charge in [-0.1, -0.05) is 30.3 Å². The van der Waals surface area contributed by atoms with Crippen LogP contribution >= 0.6 is 0 Å². The molecule has 1 saturated heterocycles. The van der Waals surface area contributed by atoms with Gasteiger partial charge in [0.05, 0.1) is 7.11 Å². The quantitative estimate of drug-likeness (QED) is 0.673. The van der Waals surface area contributed by atoms with Gasteiger partial charge in [0.25, 0.3) is 0 Å². The molecule has 0 saturated carbocycles. The molecule has 2 atom stereocenters. The molecule has 0 amide bonds. The smallest absolute Gasteiger partial charge is 0.190 e. The van der Waals surface area contributed by atoms with Crippen LogP contribution in [0, 0.1) is 5.92 Å². The summed E-state index contributed by atoms with van der Waals surface area (Å²) in [5, 5.41) is 0. The lowest BCUT2D eigenvalue weighted by molar-refractivity contribution is -0.472. The Kier molecular flexibility index (Phi) is 4.68. The zero-order valence-electron chi connectivity index (χ0n) is 12.8. The lowest BCUT2D eigenvalue weighted by Crippen LogP contribution is -3.00. The molecule has 3 aliphatic rings. The summed E-state index contributed by atoms with van der Waals surface area (Å²) in [5.41, 5.74) is 2.47. The molecule has 0 radical (unpaired) electrons. The summed E-state index contributed by atoms with van der Waals surface area (Å²) in [6, 6.07) is 10.4. The molecule has 2 aliphatic heterocycles. The summed E-state index contributed by atoms with van der Waals surface area (Å²) in [6.07, 6.45) is 8.42. The number of ether oxygens (including phenoxy) is 3. The van der Waals surface area contributed by atoms with E-state index in [0.717, 1.165) is 18.1 Å². The highest BCUT2D eigenvalue weighted by molar-refractivity contribution is 5.69. The van der Waals surface area contributed by atoms with Crippen LogP contribution in [0.4, 0.5) is 0 Å².